The molecule has 4 rings (SSSR count). The molecule has 0 amide bonds. The van der Waals surface area contributed by atoms with Gasteiger partial charge in [-0.05, 0) is 48.5 Å². The van der Waals surface area contributed by atoms with Crippen molar-refractivity contribution in [3.8, 4) is 11.5 Å². The van der Waals surface area contributed by atoms with Gasteiger partial charge >= 0.3 is 0 Å². The van der Waals surface area contributed by atoms with E-state index in [9.17, 15) is 10.2 Å². The Morgan fingerprint density at radius 2 is 0.774 bits per heavy atom. The molecule has 0 heterocycles. The van der Waals surface area contributed by atoms with Crippen LogP contribution in [0.4, 0.5) is 11.4 Å². The number of hydrogen-bond acceptors (Lipinski definition) is 4. The second kappa shape index (κ2) is 12.9. The molecule has 0 bridgehead atoms. The van der Waals surface area contributed by atoms with Gasteiger partial charge in [0.05, 0.1) is 11.4 Å². The Balaban J connectivity index is 0.000000213. The third-order valence-electron chi connectivity index (χ3n) is 4.09. The van der Waals surface area contributed by atoms with Gasteiger partial charge in [-0.2, -0.15) is 0 Å². The summed E-state index contributed by atoms with van der Waals surface area (Å²) < 4.78 is 0. The molecule has 31 heavy (non-hydrogen) atoms. The van der Waals surface area contributed by atoms with Crippen LogP contribution in [0.3, 0.4) is 0 Å². The molecule has 150 valence electrons. The van der Waals surface area contributed by atoms with E-state index in [1.54, 1.807) is 36.7 Å². The molecule has 5 heteroatoms. The first-order valence-electron chi connectivity index (χ1n) is 9.46. The fourth-order valence-corrected chi connectivity index (χ4v) is 2.51. The topological polar surface area (TPSA) is 65.2 Å². The number of hydrogen-bond donors (Lipinski definition) is 2. The van der Waals surface area contributed by atoms with Gasteiger partial charge < -0.3 is 10.2 Å². The van der Waals surface area contributed by atoms with Gasteiger partial charge in [-0.1, -0.05) is 60.7 Å². The molecule has 0 atom stereocenters. The standard InChI is InChI=1S/2C13H11NO.Zn/c2*15-13-9-5-4-6-11(13)10-14-12-7-2-1-3-8-12;/h2*1-10,15H;. The first-order valence-corrected chi connectivity index (χ1v) is 9.46. The Hall–Kier alpha value is -3.56. The molecule has 4 aromatic rings. The van der Waals surface area contributed by atoms with E-state index in [0.29, 0.717) is 0 Å². The minimum atomic E-state index is 0. The molecule has 4 aromatic carbocycles. The predicted molar refractivity (Wildman–Crippen MR) is 124 cm³/mol. The first-order chi connectivity index (χ1) is 14.7. The van der Waals surface area contributed by atoms with Crippen molar-refractivity contribution in [2.24, 2.45) is 9.98 Å². The molecule has 0 spiro atoms. The molecule has 0 aliphatic heterocycles. The number of phenolic OH excluding ortho intramolecular Hbond substituents is 2. The van der Waals surface area contributed by atoms with Crippen molar-refractivity contribution in [3.05, 3.63) is 120 Å². The number of phenols is 2. The summed E-state index contributed by atoms with van der Waals surface area (Å²) in [5.74, 6) is 0.495. The molecular weight excluding hydrogens is 438 g/mol. The fraction of sp³-hybridized carbons (Fsp3) is 0. The van der Waals surface area contributed by atoms with Gasteiger partial charge in [0.15, 0.2) is 0 Å². The Morgan fingerprint density at radius 3 is 1.13 bits per heavy atom. The third kappa shape index (κ3) is 8.00. The van der Waals surface area contributed by atoms with Crippen LogP contribution in [0.1, 0.15) is 11.1 Å². The Kier molecular flexibility index (Phi) is 9.86. The Labute approximate surface area is 195 Å². The molecule has 0 aliphatic carbocycles. The van der Waals surface area contributed by atoms with Gasteiger partial charge in [0, 0.05) is 43.0 Å². The van der Waals surface area contributed by atoms with Crippen LogP contribution in [0, 0.1) is 0 Å². The summed E-state index contributed by atoms with van der Waals surface area (Å²) in [5.41, 5.74) is 3.20. The van der Waals surface area contributed by atoms with Gasteiger partial charge in [-0.15, -0.1) is 0 Å². The number of aliphatic imine (C=N–C) groups is 2. The molecular formula is C26H22N2O2Zn. The van der Waals surface area contributed by atoms with E-state index >= 15 is 0 Å². The predicted octanol–water partition coefficient (Wildman–Crippen LogP) is 6.28. The van der Waals surface area contributed by atoms with Crippen LogP contribution in [0.15, 0.2) is 119 Å². The van der Waals surface area contributed by atoms with Gasteiger partial charge in [0.1, 0.15) is 11.5 Å². The van der Waals surface area contributed by atoms with Gasteiger partial charge in [0.2, 0.25) is 0 Å². The Bertz CT molecular complexity index is 1020. The molecule has 2 N–H and O–H groups in total. The molecule has 0 unspecified atom stereocenters. The van der Waals surface area contributed by atoms with E-state index < -0.39 is 0 Å². The monoisotopic (exact) mass is 458 g/mol. The summed E-state index contributed by atoms with van der Waals surface area (Å²) in [6.45, 7) is 0. The van der Waals surface area contributed by atoms with Gasteiger partial charge in [0.25, 0.3) is 0 Å². The van der Waals surface area contributed by atoms with E-state index in [0.717, 1.165) is 22.5 Å². The van der Waals surface area contributed by atoms with E-state index in [2.05, 4.69) is 9.98 Å². The summed E-state index contributed by atoms with van der Waals surface area (Å²) in [7, 11) is 0. The van der Waals surface area contributed by atoms with Crippen LogP contribution in [-0.2, 0) is 19.5 Å². The van der Waals surface area contributed by atoms with E-state index in [4.69, 9.17) is 0 Å². The zero-order valence-electron chi connectivity index (χ0n) is 17.0. The van der Waals surface area contributed by atoms with Crippen molar-refractivity contribution in [2.75, 3.05) is 0 Å². The van der Waals surface area contributed by atoms with E-state index in [1.165, 1.54) is 0 Å². The van der Waals surface area contributed by atoms with Gasteiger partial charge in [-0.3, -0.25) is 9.98 Å². The van der Waals surface area contributed by atoms with Crippen molar-refractivity contribution in [1.82, 2.24) is 0 Å². The third-order valence-corrected chi connectivity index (χ3v) is 4.09. The minimum Gasteiger partial charge on any atom is -0.507 e. The van der Waals surface area contributed by atoms with Crippen LogP contribution < -0.4 is 0 Å². The van der Waals surface area contributed by atoms with Crippen LogP contribution in [0.2, 0.25) is 0 Å². The number of para-hydroxylation sites is 4. The Morgan fingerprint density at radius 1 is 0.452 bits per heavy atom. The van der Waals surface area contributed by atoms with E-state index in [1.807, 2.05) is 84.9 Å². The summed E-state index contributed by atoms with van der Waals surface area (Å²) in [4.78, 5) is 8.50. The molecule has 0 fully saturated rings. The quantitative estimate of drug-likeness (QED) is 0.278. The van der Waals surface area contributed by atoms with Gasteiger partial charge in [-0.25, -0.2) is 0 Å². The summed E-state index contributed by atoms with van der Waals surface area (Å²) >= 11 is 0. The zero-order chi connectivity index (χ0) is 21.0. The number of benzene rings is 4. The molecule has 0 saturated carbocycles. The normalized spacial score (nSPS) is 10.3. The maximum absolute atomic E-state index is 9.50. The first kappa shape index (κ1) is 23.7. The molecule has 0 aliphatic rings. The van der Waals surface area contributed by atoms with Crippen molar-refractivity contribution < 1.29 is 29.7 Å². The van der Waals surface area contributed by atoms with Crippen LogP contribution in [0.5, 0.6) is 11.5 Å². The second-order valence-electron chi connectivity index (χ2n) is 6.31. The zero-order valence-corrected chi connectivity index (χ0v) is 20.0. The van der Waals surface area contributed by atoms with Crippen LogP contribution >= 0.6 is 0 Å². The van der Waals surface area contributed by atoms with E-state index in [-0.39, 0.29) is 31.0 Å². The number of aromatic hydroxyl groups is 2. The second-order valence-corrected chi connectivity index (χ2v) is 6.31. The molecule has 0 aromatic heterocycles. The molecule has 4 nitrogen and oxygen atoms in total. The van der Waals surface area contributed by atoms with Crippen molar-refractivity contribution in [2.45, 2.75) is 0 Å². The smallest absolute Gasteiger partial charge is 0.124 e. The largest absolute Gasteiger partial charge is 0.507 e. The fourth-order valence-electron chi connectivity index (χ4n) is 2.51. The number of nitrogens with zero attached hydrogens (tertiary/aromatic N) is 2. The van der Waals surface area contributed by atoms with Crippen LogP contribution in [-0.4, -0.2) is 22.6 Å². The average molecular weight is 460 g/mol. The summed E-state index contributed by atoms with van der Waals surface area (Å²) in [6.07, 6.45) is 3.31. The SMILES string of the molecule is Oc1ccccc1C=Nc1ccccc1.Oc1ccccc1C=Nc1ccccc1.[Zn]. The molecule has 0 saturated heterocycles. The van der Waals surface area contributed by atoms with Crippen molar-refractivity contribution in [3.63, 3.8) is 0 Å². The molecule has 0 radical (unpaired) electrons. The summed E-state index contributed by atoms with van der Waals surface area (Å²) in [6, 6.07) is 33.5. The average Bonchev–Trinajstić information content (AvgIpc) is 2.80. The van der Waals surface area contributed by atoms with Crippen molar-refractivity contribution >= 4 is 23.8 Å². The number of rotatable bonds is 4. The van der Waals surface area contributed by atoms with Crippen molar-refractivity contribution in [1.29, 1.82) is 0 Å². The maximum atomic E-state index is 9.50. The maximum Gasteiger partial charge on any atom is 0.124 e. The van der Waals surface area contributed by atoms with Crippen LogP contribution in [0.25, 0.3) is 0 Å². The summed E-state index contributed by atoms with van der Waals surface area (Å²) in [5, 5.41) is 19.0. The minimum absolute atomic E-state index is 0.